The minimum Gasteiger partial charge on any atom is -0.328 e. The van der Waals surface area contributed by atoms with Gasteiger partial charge < -0.3 is 9.88 Å². The number of hydrogen-bond donors (Lipinski definition) is 2. The van der Waals surface area contributed by atoms with Crippen molar-refractivity contribution in [3.05, 3.63) is 64.9 Å². The van der Waals surface area contributed by atoms with Gasteiger partial charge in [-0.25, -0.2) is 18.5 Å². The zero-order valence-corrected chi connectivity index (χ0v) is 19.7. The van der Waals surface area contributed by atoms with Crippen LogP contribution in [0.4, 0.5) is 5.13 Å². The van der Waals surface area contributed by atoms with Crippen molar-refractivity contribution in [3.63, 3.8) is 0 Å². The van der Waals surface area contributed by atoms with Crippen molar-refractivity contribution in [3.8, 4) is 0 Å². The number of amides is 1. The molecule has 11 heteroatoms. The number of nitrogens with zero attached hydrogens (tertiary/aromatic N) is 4. The number of carbonyl (C=O) groups is 1. The van der Waals surface area contributed by atoms with Crippen LogP contribution in [0.1, 0.15) is 36.2 Å². The molecule has 0 aliphatic carbocycles. The van der Waals surface area contributed by atoms with Gasteiger partial charge in [-0.2, -0.15) is 0 Å². The van der Waals surface area contributed by atoms with E-state index in [4.69, 9.17) is 5.14 Å². The normalized spacial score (nSPS) is 11.7. The molecule has 4 rings (SSSR count). The molecule has 1 amide bonds. The topological polar surface area (TPSA) is 133 Å². The molecule has 2 heterocycles. The second kappa shape index (κ2) is 9.77. The molecule has 0 bridgehead atoms. The highest BCUT2D eigenvalue weighted by atomic mass is 32.2. The number of aryl methyl sites for hydroxylation is 2. The first-order valence-corrected chi connectivity index (χ1v) is 12.9. The lowest BCUT2D eigenvalue weighted by atomic mass is 10.2. The van der Waals surface area contributed by atoms with Crippen LogP contribution in [0.25, 0.3) is 11.0 Å². The summed E-state index contributed by atoms with van der Waals surface area (Å²) >= 11 is 1.35. The molecular weight excluding hydrogens is 460 g/mol. The number of rotatable bonds is 9. The Bertz CT molecular complexity index is 1380. The number of aromatic nitrogens is 4. The summed E-state index contributed by atoms with van der Waals surface area (Å²) in [5.74, 6) is 0.536. The average Bonchev–Trinajstić information content (AvgIpc) is 3.36. The van der Waals surface area contributed by atoms with Gasteiger partial charge in [-0.05, 0) is 30.2 Å². The smallest absolute Gasteiger partial charge is 0.238 e. The first kappa shape index (κ1) is 23.0. The molecule has 0 aliphatic rings. The van der Waals surface area contributed by atoms with Crippen molar-refractivity contribution in [2.45, 2.75) is 44.0 Å². The summed E-state index contributed by atoms with van der Waals surface area (Å²) < 4.78 is 25.3. The van der Waals surface area contributed by atoms with E-state index in [0.29, 0.717) is 30.0 Å². The van der Waals surface area contributed by atoms with Gasteiger partial charge in [0.25, 0.3) is 0 Å². The van der Waals surface area contributed by atoms with Crippen molar-refractivity contribution in [2.75, 3.05) is 5.32 Å². The van der Waals surface area contributed by atoms with E-state index in [1.807, 2.05) is 41.8 Å². The average molecular weight is 485 g/mol. The van der Waals surface area contributed by atoms with Crippen LogP contribution in [0.2, 0.25) is 0 Å². The zero-order chi connectivity index (χ0) is 23.4. The van der Waals surface area contributed by atoms with E-state index in [9.17, 15) is 13.2 Å². The van der Waals surface area contributed by atoms with Gasteiger partial charge in [0.2, 0.25) is 21.1 Å². The van der Waals surface area contributed by atoms with Gasteiger partial charge in [0, 0.05) is 25.8 Å². The zero-order valence-electron chi connectivity index (χ0n) is 18.1. The van der Waals surface area contributed by atoms with Crippen LogP contribution in [0.15, 0.2) is 53.4 Å². The van der Waals surface area contributed by atoms with Gasteiger partial charge in [0.15, 0.2) is 0 Å². The summed E-state index contributed by atoms with van der Waals surface area (Å²) in [7, 11) is -3.81. The van der Waals surface area contributed by atoms with Gasteiger partial charge in [0.05, 0.1) is 15.9 Å². The number of imidazole rings is 1. The fourth-order valence-corrected chi connectivity index (χ4v) is 4.88. The maximum absolute atomic E-state index is 12.5. The molecule has 2 aromatic carbocycles. The molecular formula is C22H24N6O3S2. The van der Waals surface area contributed by atoms with Gasteiger partial charge in [-0.3, -0.25) is 4.79 Å². The first-order valence-electron chi connectivity index (χ1n) is 10.5. The molecule has 4 aromatic rings. The van der Waals surface area contributed by atoms with E-state index in [1.54, 1.807) is 6.07 Å². The molecule has 0 radical (unpaired) electrons. The van der Waals surface area contributed by atoms with Gasteiger partial charge in [-0.15, -0.1) is 10.2 Å². The number of anilines is 1. The molecule has 0 saturated carbocycles. The summed E-state index contributed by atoms with van der Waals surface area (Å²) in [6, 6.07) is 14.6. The molecule has 33 heavy (non-hydrogen) atoms. The largest absolute Gasteiger partial charge is 0.328 e. The summed E-state index contributed by atoms with van der Waals surface area (Å²) in [6.07, 6.45) is 2.15. The van der Waals surface area contributed by atoms with E-state index < -0.39 is 10.0 Å². The monoisotopic (exact) mass is 484 g/mol. The molecule has 0 fully saturated rings. The number of fused-ring (bicyclic) bond motifs is 1. The summed E-state index contributed by atoms with van der Waals surface area (Å²) in [4.78, 5) is 17.1. The molecule has 3 N–H and O–H groups in total. The third-order valence-corrected chi connectivity index (χ3v) is 6.81. The van der Waals surface area contributed by atoms with E-state index in [0.717, 1.165) is 28.3 Å². The predicted molar refractivity (Wildman–Crippen MR) is 128 cm³/mol. The van der Waals surface area contributed by atoms with Crippen LogP contribution in [0.5, 0.6) is 0 Å². The standard InChI is InChI=1S/C22H24N6O3S2/c1-2-12-28-18-9-8-16(33(23,30)31)14-17(18)24-19(28)10-11-20(29)25-22-27-26-21(32-22)13-15-6-4-3-5-7-15/h3-9,14H,2,10-13H2,1H3,(H2,23,30,31)(H,25,27,29). The Morgan fingerprint density at radius 3 is 2.67 bits per heavy atom. The number of hydrogen-bond acceptors (Lipinski definition) is 7. The van der Waals surface area contributed by atoms with E-state index in [2.05, 4.69) is 20.5 Å². The van der Waals surface area contributed by atoms with Crippen LogP contribution in [0.3, 0.4) is 0 Å². The summed E-state index contributed by atoms with van der Waals surface area (Å²) in [5.41, 5.74) is 2.49. The second-order valence-electron chi connectivity index (χ2n) is 7.59. The van der Waals surface area contributed by atoms with Crippen molar-refractivity contribution < 1.29 is 13.2 Å². The highest BCUT2D eigenvalue weighted by Gasteiger charge is 2.16. The second-order valence-corrected chi connectivity index (χ2v) is 10.2. The summed E-state index contributed by atoms with van der Waals surface area (Å²) in [6.45, 7) is 2.75. The fraction of sp³-hybridized carbons (Fsp3) is 0.273. The van der Waals surface area contributed by atoms with Gasteiger partial charge in [0.1, 0.15) is 10.8 Å². The quantitative estimate of drug-likeness (QED) is 0.375. The third-order valence-electron chi connectivity index (χ3n) is 5.06. The predicted octanol–water partition coefficient (Wildman–Crippen LogP) is 3.11. The Morgan fingerprint density at radius 2 is 1.94 bits per heavy atom. The van der Waals surface area contributed by atoms with Crippen LogP contribution >= 0.6 is 11.3 Å². The Kier molecular flexibility index (Phi) is 6.82. The number of nitrogens with one attached hydrogen (secondary N) is 1. The van der Waals surface area contributed by atoms with Crippen molar-refractivity contribution in [2.24, 2.45) is 5.14 Å². The SMILES string of the molecule is CCCn1c(CCC(=O)Nc2nnc(Cc3ccccc3)s2)nc2cc(S(N)(=O)=O)ccc21. The molecule has 0 atom stereocenters. The van der Waals surface area contributed by atoms with E-state index >= 15 is 0 Å². The Labute approximate surface area is 195 Å². The fourth-order valence-electron chi connectivity index (χ4n) is 3.55. The summed E-state index contributed by atoms with van der Waals surface area (Å²) in [5, 5.41) is 17.6. The Balaban J connectivity index is 1.43. The maximum atomic E-state index is 12.5. The number of benzene rings is 2. The number of primary sulfonamides is 1. The van der Waals surface area contributed by atoms with Gasteiger partial charge in [-0.1, -0.05) is 48.6 Å². The maximum Gasteiger partial charge on any atom is 0.238 e. The molecule has 0 spiro atoms. The highest BCUT2D eigenvalue weighted by Crippen LogP contribution is 2.22. The van der Waals surface area contributed by atoms with Crippen molar-refractivity contribution >= 4 is 43.4 Å². The van der Waals surface area contributed by atoms with E-state index in [-0.39, 0.29) is 17.2 Å². The lowest BCUT2D eigenvalue weighted by molar-refractivity contribution is -0.116. The Morgan fingerprint density at radius 1 is 1.15 bits per heavy atom. The lowest BCUT2D eigenvalue weighted by Crippen LogP contribution is -2.14. The molecule has 0 saturated heterocycles. The molecule has 172 valence electrons. The highest BCUT2D eigenvalue weighted by molar-refractivity contribution is 7.89. The van der Waals surface area contributed by atoms with Gasteiger partial charge >= 0.3 is 0 Å². The van der Waals surface area contributed by atoms with Crippen molar-refractivity contribution in [1.82, 2.24) is 19.7 Å². The molecule has 0 aliphatic heterocycles. The third kappa shape index (κ3) is 5.62. The minimum atomic E-state index is -3.81. The molecule has 0 unspecified atom stereocenters. The Hall–Kier alpha value is -3.15. The van der Waals surface area contributed by atoms with Crippen LogP contribution in [0, 0.1) is 0 Å². The lowest BCUT2D eigenvalue weighted by Gasteiger charge is -2.07. The first-order chi connectivity index (χ1) is 15.8. The minimum absolute atomic E-state index is 0.0167. The van der Waals surface area contributed by atoms with Crippen LogP contribution < -0.4 is 10.5 Å². The molecule has 9 nitrogen and oxygen atoms in total. The number of sulfonamides is 1. The van der Waals surface area contributed by atoms with Crippen molar-refractivity contribution in [1.29, 1.82) is 0 Å². The van der Waals surface area contributed by atoms with E-state index in [1.165, 1.54) is 23.5 Å². The van der Waals surface area contributed by atoms with Crippen LogP contribution in [-0.2, 0) is 34.2 Å². The van der Waals surface area contributed by atoms with Crippen LogP contribution in [-0.4, -0.2) is 34.1 Å². The molecule has 2 aromatic heterocycles. The number of carbonyl (C=O) groups excluding carboxylic acids is 1. The number of nitrogens with two attached hydrogens (primary N) is 1.